The summed E-state index contributed by atoms with van der Waals surface area (Å²) in [7, 11) is 0. The van der Waals surface area contributed by atoms with Gasteiger partial charge in [0.2, 0.25) is 5.91 Å². The first-order valence-corrected chi connectivity index (χ1v) is 6.84. The van der Waals surface area contributed by atoms with Crippen LogP contribution in [0.5, 0.6) is 0 Å². The molecule has 0 aromatic heterocycles. The summed E-state index contributed by atoms with van der Waals surface area (Å²) in [5.41, 5.74) is 6.54. The van der Waals surface area contributed by atoms with Gasteiger partial charge in [0.15, 0.2) is 0 Å². The summed E-state index contributed by atoms with van der Waals surface area (Å²) < 4.78 is 0. The van der Waals surface area contributed by atoms with Crippen molar-refractivity contribution in [2.75, 3.05) is 13.1 Å². The van der Waals surface area contributed by atoms with Crippen molar-refractivity contribution in [1.82, 2.24) is 4.90 Å². The second-order valence-corrected chi connectivity index (χ2v) is 5.05. The van der Waals surface area contributed by atoms with E-state index >= 15 is 0 Å². The van der Waals surface area contributed by atoms with Gasteiger partial charge in [0.1, 0.15) is 0 Å². The first-order valence-electron chi connectivity index (χ1n) is 6.84. The number of non-ortho nitro benzene ring substituents is 1. The average molecular weight is 314 g/mol. The van der Waals surface area contributed by atoms with Crippen molar-refractivity contribution in [2.24, 2.45) is 5.73 Å². The zero-order valence-electron chi connectivity index (χ0n) is 11.7. The highest BCUT2D eigenvalue weighted by Gasteiger charge is 2.26. The molecule has 0 bridgehead atoms. The molecule has 7 heteroatoms. The number of likely N-dealkylation sites (tertiary alicyclic amines) is 1. The number of aryl methyl sites for hydroxylation is 1. The number of halogens is 1. The Morgan fingerprint density at radius 3 is 2.90 bits per heavy atom. The molecule has 1 saturated heterocycles. The Labute approximate surface area is 129 Å². The molecule has 1 amide bonds. The first-order chi connectivity index (χ1) is 9.61. The molecular weight excluding hydrogens is 294 g/mol. The number of nitrogens with two attached hydrogens (primary N) is 1. The van der Waals surface area contributed by atoms with Gasteiger partial charge in [0, 0.05) is 37.7 Å². The molecule has 1 aromatic carbocycles. The number of carbonyl (C=O) groups is 1. The topological polar surface area (TPSA) is 89.5 Å². The number of hydrogen-bond acceptors (Lipinski definition) is 4. The standard InChI is InChI=1S/C14H19N3O3.ClH/c15-10-13-5-2-8-16(13)14(18)7-6-11-3-1-4-12(9-11)17(19)20;/h1,3-4,9,13H,2,5-8,10,15H2;1H. The number of nitro benzene ring substituents is 1. The van der Waals surface area contributed by atoms with Crippen LogP contribution in [0, 0.1) is 10.1 Å². The molecule has 21 heavy (non-hydrogen) atoms. The van der Waals surface area contributed by atoms with Crippen LogP contribution >= 0.6 is 12.4 Å². The number of rotatable bonds is 5. The first kappa shape index (κ1) is 17.4. The fraction of sp³-hybridized carbons (Fsp3) is 0.500. The average Bonchev–Trinajstić information content (AvgIpc) is 2.93. The molecule has 0 radical (unpaired) electrons. The van der Waals surface area contributed by atoms with E-state index < -0.39 is 4.92 Å². The summed E-state index contributed by atoms with van der Waals surface area (Å²) in [4.78, 5) is 24.3. The maximum absolute atomic E-state index is 12.1. The molecule has 0 saturated carbocycles. The Morgan fingerprint density at radius 2 is 2.24 bits per heavy atom. The van der Waals surface area contributed by atoms with Gasteiger partial charge in [-0.1, -0.05) is 12.1 Å². The molecule has 1 heterocycles. The Morgan fingerprint density at radius 1 is 1.48 bits per heavy atom. The minimum atomic E-state index is -0.420. The second kappa shape index (κ2) is 7.95. The third kappa shape index (κ3) is 4.41. The third-order valence-electron chi connectivity index (χ3n) is 3.72. The lowest BCUT2D eigenvalue weighted by Crippen LogP contribution is -2.39. The van der Waals surface area contributed by atoms with Crippen LogP contribution in [-0.2, 0) is 11.2 Å². The highest BCUT2D eigenvalue weighted by atomic mass is 35.5. The van der Waals surface area contributed by atoms with Crippen molar-refractivity contribution in [1.29, 1.82) is 0 Å². The Hall–Kier alpha value is -1.66. The zero-order valence-corrected chi connectivity index (χ0v) is 12.6. The number of nitro groups is 1. The van der Waals surface area contributed by atoms with E-state index in [0.29, 0.717) is 19.4 Å². The highest BCUT2D eigenvalue weighted by Crippen LogP contribution is 2.19. The molecule has 1 fully saturated rings. The fourth-order valence-corrected chi connectivity index (χ4v) is 2.63. The number of carbonyl (C=O) groups excluding carboxylic acids is 1. The van der Waals surface area contributed by atoms with Crippen molar-refractivity contribution in [3.8, 4) is 0 Å². The van der Waals surface area contributed by atoms with Crippen LogP contribution in [-0.4, -0.2) is 34.9 Å². The van der Waals surface area contributed by atoms with Gasteiger partial charge in [0.05, 0.1) is 4.92 Å². The highest BCUT2D eigenvalue weighted by molar-refractivity contribution is 5.85. The second-order valence-electron chi connectivity index (χ2n) is 5.05. The van der Waals surface area contributed by atoms with E-state index in [1.165, 1.54) is 12.1 Å². The molecule has 2 N–H and O–H groups in total. The largest absolute Gasteiger partial charge is 0.338 e. The molecule has 1 atom stereocenters. The summed E-state index contributed by atoms with van der Waals surface area (Å²) >= 11 is 0. The van der Waals surface area contributed by atoms with Gasteiger partial charge in [-0.25, -0.2) is 0 Å². The monoisotopic (exact) mass is 313 g/mol. The van der Waals surface area contributed by atoms with E-state index in [-0.39, 0.29) is 30.0 Å². The minimum Gasteiger partial charge on any atom is -0.338 e. The van der Waals surface area contributed by atoms with Crippen LogP contribution in [0.3, 0.4) is 0 Å². The predicted octanol–water partition coefficient (Wildman–Crippen LogP) is 1.90. The quantitative estimate of drug-likeness (QED) is 0.664. The van der Waals surface area contributed by atoms with Gasteiger partial charge < -0.3 is 10.6 Å². The third-order valence-corrected chi connectivity index (χ3v) is 3.72. The van der Waals surface area contributed by atoms with E-state index in [1.807, 2.05) is 11.0 Å². The fourth-order valence-electron chi connectivity index (χ4n) is 2.63. The Balaban J connectivity index is 0.00000220. The molecule has 0 spiro atoms. The SMILES string of the molecule is Cl.NCC1CCCN1C(=O)CCc1cccc([N+](=O)[O-])c1. The van der Waals surface area contributed by atoms with Crippen LogP contribution in [0.1, 0.15) is 24.8 Å². The maximum Gasteiger partial charge on any atom is 0.269 e. The molecule has 2 rings (SSSR count). The summed E-state index contributed by atoms with van der Waals surface area (Å²) in [5.74, 6) is 0.0875. The Bertz CT molecular complexity index is 510. The minimum absolute atomic E-state index is 0. The van der Waals surface area contributed by atoms with Crippen molar-refractivity contribution in [3.05, 3.63) is 39.9 Å². The lowest BCUT2D eigenvalue weighted by Gasteiger charge is -2.23. The van der Waals surface area contributed by atoms with Gasteiger partial charge in [-0.2, -0.15) is 0 Å². The van der Waals surface area contributed by atoms with E-state index in [9.17, 15) is 14.9 Å². The van der Waals surface area contributed by atoms with Crippen molar-refractivity contribution >= 4 is 24.0 Å². The predicted molar refractivity (Wildman–Crippen MR) is 82.5 cm³/mol. The zero-order chi connectivity index (χ0) is 14.5. The van der Waals surface area contributed by atoms with E-state index in [4.69, 9.17) is 5.73 Å². The van der Waals surface area contributed by atoms with E-state index in [0.717, 1.165) is 24.9 Å². The van der Waals surface area contributed by atoms with Crippen LogP contribution in [0.4, 0.5) is 5.69 Å². The lowest BCUT2D eigenvalue weighted by molar-refractivity contribution is -0.384. The number of amides is 1. The molecule has 116 valence electrons. The molecule has 1 aromatic rings. The van der Waals surface area contributed by atoms with Gasteiger partial charge in [-0.05, 0) is 24.8 Å². The van der Waals surface area contributed by atoms with Crippen LogP contribution in [0.15, 0.2) is 24.3 Å². The molecule has 1 aliphatic rings. The van der Waals surface area contributed by atoms with Gasteiger partial charge >= 0.3 is 0 Å². The molecule has 0 aliphatic carbocycles. The summed E-state index contributed by atoms with van der Waals surface area (Å²) in [5, 5.41) is 10.7. The summed E-state index contributed by atoms with van der Waals surface area (Å²) in [6.07, 6.45) is 2.87. The van der Waals surface area contributed by atoms with E-state index in [1.54, 1.807) is 6.07 Å². The summed E-state index contributed by atoms with van der Waals surface area (Å²) in [6.45, 7) is 1.28. The van der Waals surface area contributed by atoms with Gasteiger partial charge in [-0.3, -0.25) is 14.9 Å². The van der Waals surface area contributed by atoms with Crippen molar-refractivity contribution in [2.45, 2.75) is 31.7 Å². The lowest BCUT2D eigenvalue weighted by atomic mass is 10.1. The van der Waals surface area contributed by atoms with Crippen molar-refractivity contribution in [3.63, 3.8) is 0 Å². The number of benzene rings is 1. The van der Waals surface area contributed by atoms with Crippen LogP contribution in [0.25, 0.3) is 0 Å². The summed E-state index contributed by atoms with van der Waals surface area (Å²) in [6, 6.07) is 6.60. The smallest absolute Gasteiger partial charge is 0.269 e. The number of hydrogen-bond donors (Lipinski definition) is 1. The van der Waals surface area contributed by atoms with Gasteiger partial charge in [0.25, 0.3) is 5.69 Å². The molecule has 1 unspecified atom stereocenters. The van der Waals surface area contributed by atoms with Crippen LogP contribution in [0.2, 0.25) is 0 Å². The Kier molecular flexibility index (Phi) is 6.58. The number of nitrogens with zero attached hydrogens (tertiary/aromatic N) is 2. The van der Waals surface area contributed by atoms with E-state index in [2.05, 4.69) is 0 Å². The molecule has 1 aliphatic heterocycles. The maximum atomic E-state index is 12.1. The van der Waals surface area contributed by atoms with Crippen molar-refractivity contribution < 1.29 is 9.72 Å². The molecular formula is C14H20ClN3O3. The molecule has 6 nitrogen and oxygen atoms in total. The van der Waals surface area contributed by atoms with Crippen LogP contribution < -0.4 is 5.73 Å². The van der Waals surface area contributed by atoms with Gasteiger partial charge in [-0.15, -0.1) is 12.4 Å². The normalized spacial score (nSPS) is 17.4.